The number of carbonyl (C=O) groups excluding carboxylic acids is 1. The highest BCUT2D eigenvalue weighted by Crippen LogP contribution is 2.13. The Morgan fingerprint density at radius 1 is 1.41 bits per heavy atom. The standard InChI is InChI=1S/C15H18F2N4O/c1-10-4-6-18-12(8-10)9-11(2)20(3)14(22)13-5-7-21(19-13)15(16)17/h4-8,11,15H,9H2,1-3H3/t11-/m1/s1. The summed E-state index contributed by atoms with van der Waals surface area (Å²) in [6.45, 7) is 1.11. The second-order valence-corrected chi connectivity index (χ2v) is 5.25. The van der Waals surface area contributed by atoms with Crippen LogP contribution in [0.3, 0.4) is 0 Å². The predicted molar refractivity (Wildman–Crippen MR) is 77.7 cm³/mol. The van der Waals surface area contributed by atoms with E-state index in [1.54, 1.807) is 13.2 Å². The average Bonchev–Trinajstić information content (AvgIpc) is 2.95. The largest absolute Gasteiger partial charge is 0.337 e. The van der Waals surface area contributed by atoms with Crippen LogP contribution in [0.25, 0.3) is 0 Å². The minimum Gasteiger partial charge on any atom is -0.337 e. The Morgan fingerprint density at radius 2 is 2.14 bits per heavy atom. The fraction of sp³-hybridized carbons (Fsp3) is 0.400. The van der Waals surface area contributed by atoms with Crippen molar-refractivity contribution in [2.24, 2.45) is 0 Å². The van der Waals surface area contributed by atoms with Crippen molar-refractivity contribution in [1.82, 2.24) is 19.7 Å². The molecule has 1 amide bonds. The lowest BCUT2D eigenvalue weighted by atomic mass is 10.1. The van der Waals surface area contributed by atoms with Crippen molar-refractivity contribution in [3.8, 4) is 0 Å². The van der Waals surface area contributed by atoms with E-state index in [0.29, 0.717) is 11.1 Å². The van der Waals surface area contributed by atoms with Gasteiger partial charge in [0.05, 0.1) is 0 Å². The van der Waals surface area contributed by atoms with Gasteiger partial charge >= 0.3 is 6.55 Å². The molecule has 0 fully saturated rings. The van der Waals surface area contributed by atoms with E-state index in [4.69, 9.17) is 0 Å². The Bertz CT molecular complexity index is 656. The van der Waals surface area contributed by atoms with Crippen LogP contribution in [-0.2, 0) is 6.42 Å². The number of halogens is 2. The van der Waals surface area contributed by atoms with Gasteiger partial charge in [0.15, 0.2) is 5.69 Å². The molecule has 0 aromatic carbocycles. The van der Waals surface area contributed by atoms with Gasteiger partial charge < -0.3 is 4.90 Å². The molecule has 0 N–H and O–H groups in total. The van der Waals surface area contributed by atoms with E-state index < -0.39 is 6.55 Å². The summed E-state index contributed by atoms with van der Waals surface area (Å²) in [5.74, 6) is -0.389. The lowest BCUT2D eigenvalue weighted by molar-refractivity contribution is 0.0550. The molecular weight excluding hydrogens is 290 g/mol. The maximum Gasteiger partial charge on any atom is 0.333 e. The van der Waals surface area contributed by atoms with E-state index in [0.717, 1.165) is 17.5 Å². The summed E-state index contributed by atoms with van der Waals surface area (Å²) in [5.41, 5.74) is 1.99. The third-order valence-electron chi connectivity index (χ3n) is 3.49. The Hall–Kier alpha value is -2.31. The van der Waals surface area contributed by atoms with Crippen LogP contribution in [0.1, 0.15) is 35.2 Å². The van der Waals surface area contributed by atoms with Gasteiger partial charge in [-0.3, -0.25) is 9.78 Å². The molecule has 0 saturated heterocycles. The first-order valence-electron chi connectivity index (χ1n) is 6.90. The SMILES string of the molecule is Cc1ccnc(C[C@@H](C)N(C)C(=O)c2ccn(C(F)F)n2)c1. The molecule has 0 bridgehead atoms. The average molecular weight is 308 g/mol. The molecule has 2 rings (SSSR count). The van der Waals surface area contributed by atoms with Crippen LogP contribution in [0, 0.1) is 6.92 Å². The summed E-state index contributed by atoms with van der Waals surface area (Å²) in [5, 5.41) is 3.59. The second-order valence-electron chi connectivity index (χ2n) is 5.25. The van der Waals surface area contributed by atoms with Gasteiger partial charge in [0, 0.05) is 37.6 Å². The Balaban J connectivity index is 2.05. The number of aromatic nitrogens is 3. The second kappa shape index (κ2) is 6.64. The lowest BCUT2D eigenvalue weighted by Gasteiger charge is -2.24. The highest BCUT2D eigenvalue weighted by atomic mass is 19.3. The van der Waals surface area contributed by atoms with E-state index in [1.165, 1.54) is 11.0 Å². The number of likely N-dealkylation sites (N-methyl/N-ethyl adjacent to an activating group) is 1. The number of pyridine rings is 1. The summed E-state index contributed by atoms with van der Waals surface area (Å²) in [6, 6.07) is 5.03. The van der Waals surface area contributed by atoms with Crippen molar-refractivity contribution in [2.75, 3.05) is 7.05 Å². The van der Waals surface area contributed by atoms with Crippen LogP contribution < -0.4 is 0 Å². The van der Waals surface area contributed by atoms with E-state index in [9.17, 15) is 13.6 Å². The first-order valence-corrected chi connectivity index (χ1v) is 6.90. The minimum absolute atomic E-state index is 0.00634. The Morgan fingerprint density at radius 3 is 2.73 bits per heavy atom. The van der Waals surface area contributed by atoms with E-state index >= 15 is 0 Å². The molecule has 0 aliphatic carbocycles. The summed E-state index contributed by atoms with van der Waals surface area (Å²) < 4.78 is 25.5. The fourth-order valence-electron chi connectivity index (χ4n) is 2.09. The highest BCUT2D eigenvalue weighted by Gasteiger charge is 2.21. The van der Waals surface area contributed by atoms with Crippen LogP contribution in [0.15, 0.2) is 30.6 Å². The highest BCUT2D eigenvalue weighted by molar-refractivity contribution is 5.92. The molecule has 0 saturated carbocycles. The maximum atomic E-state index is 12.5. The molecule has 0 unspecified atom stereocenters. The maximum absolute atomic E-state index is 12.5. The van der Waals surface area contributed by atoms with Crippen LogP contribution in [-0.4, -0.2) is 38.7 Å². The van der Waals surface area contributed by atoms with Gasteiger partial charge in [0.25, 0.3) is 5.91 Å². The van der Waals surface area contributed by atoms with Crippen molar-refractivity contribution >= 4 is 5.91 Å². The van der Waals surface area contributed by atoms with Crippen molar-refractivity contribution in [3.05, 3.63) is 47.5 Å². The first kappa shape index (κ1) is 16.1. The molecule has 2 heterocycles. The molecule has 2 aromatic heterocycles. The minimum atomic E-state index is -2.75. The number of carbonyl (C=O) groups is 1. The first-order chi connectivity index (χ1) is 10.4. The summed E-state index contributed by atoms with van der Waals surface area (Å²) in [4.78, 5) is 18.0. The summed E-state index contributed by atoms with van der Waals surface area (Å²) in [6.07, 6.45) is 3.40. The molecule has 0 radical (unpaired) electrons. The van der Waals surface area contributed by atoms with Gasteiger partial charge in [-0.1, -0.05) is 0 Å². The van der Waals surface area contributed by atoms with Gasteiger partial charge in [-0.25, -0.2) is 4.68 Å². The summed E-state index contributed by atoms with van der Waals surface area (Å²) >= 11 is 0. The van der Waals surface area contributed by atoms with E-state index in [1.807, 2.05) is 26.0 Å². The molecule has 5 nitrogen and oxygen atoms in total. The molecule has 0 spiro atoms. The predicted octanol–water partition coefficient (Wildman–Crippen LogP) is 2.68. The number of aryl methyl sites for hydroxylation is 1. The third kappa shape index (κ3) is 3.66. The van der Waals surface area contributed by atoms with E-state index in [2.05, 4.69) is 10.1 Å². The fourth-order valence-corrected chi connectivity index (χ4v) is 2.09. The van der Waals surface area contributed by atoms with Gasteiger partial charge in [-0.15, -0.1) is 0 Å². The molecule has 7 heteroatoms. The van der Waals surface area contributed by atoms with Crippen molar-refractivity contribution < 1.29 is 13.6 Å². The monoisotopic (exact) mass is 308 g/mol. The lowest BCUT2D eigenvalue weighted by Crippen LogP contribution is -2.37. The van der Waals surface area contributed by atoms with Crippen molar-refractivity contribution in [1.29, 1.82) is 0 Å². The topological polar surface area (TPSA) is 51.0 Å². The molecule has 1 atom stereocenters. The number of hydrogen-bond donors (Lipinski definition) is 0. The van der Waals surface area contributed by atoms with Crippen molar-refractivity contribution in [3.63, 3.8) is 0 Å². The van der Waals surface area contributed by atoms with Gasteiger partial charge in [0.1, 0.15) is 0 Å². The Kier molecular flexibility index (Phi) is 4.85. The zero-order valence-corrected chi connectivity index (χ0v) is 12.7. The van der Waals surface area contributed by atoms with Crippen LogP contribution in [0.4, 0.5) is 8.78 Å². The smallest absolute Gasteiger partial charge is 0.333 e. The van der Waals surface area contributed by atoms with Gasteiger partial charge in [0.2, 0.25) is 0 Å². The number of nitrogens with zero attached hydrogens (tertiary/aromatic N) is 4. The zero-order valence-electron chi connectivity index (χ0n) is 12.7. The third-order valence-corrected chi connectivity index (χ3v) is 3.49. The summed E-state index contributed by atoms with van der Waals surface area (Å²) in [7, 11) is 1.63. The molecule has 22 heavy (non-hydrogen) atoms. The molecular formula is C15H18F2N4O. The normalized spacial score (nSPS) is 12.5. The zero-order chi connectivity index (χ0) is 16.3. The van der Waals surface area contributed by atoms with Crippen LogP contribution in [0.2, 0.25) is 0 Å². The van der Waals surface area contributed by atoms with Crippen molar-refractivity contribution in [2.45, 2.75) is 32.9 Å². The molecule has 2 aromatic rings. The van der Waals surface area contributed by atoms with Gasteiger partial charge in [-0.2, -0.15) is 13.9 Å². The Labute approximate surface area is 127 Å². The molecule has 118 valence electrons. The molecule has 0 aliphatic heterocycles. The number of hydrogen-bond acceptors (Lipinski definition) is 3. The number of amides is 1. The molecule has 0 aliphatic rings. The van der Waals surface area contributed by atoms with Gasteiger partial charge in [-0.05, 0) is 37.6 Å². The quantitative estimate of drug-likeness (QED) is 0.853. The number of alkyl halides is 2. The van der Waals surface area contributed by atoms with Crippen LogP contribution in [0.5, 0.6) is 0 Å². The number of rotatable bonds is 5. The van der Waals surface area contributed by atoms with E-state index in [-0.39, 0.29) is 17.6 Å². The van der Waals surface area contributed by atoms with Crippen LogP contribution >= 0.6 is 0 Å².